The summed E-state index contributed by atoms with van der Waals surface area (Å²) in [5.74, 6) is 1.22. The molecule has 0 aliphatic heterocycles. The van der Waals surface area contributed by atoms with Gasteiger partial charge in [0.25, 0.3) is 0 Å². The average Bonchev–Trinajstić information content (AvgIpc) is 3.09. The van der Waals surface area contributed by atoms with E-state index in [0.717, 1.165) is 31.7 Å². The molecule has 2 unspecified atom stereocenters. The van der Waals surface area contributed by atoms with Crippen molar-refractivity contribution in [3.63, 3.8) is 0 Å². The monoisotopic (exact) mass is 363 g/mol. The number of fused-ring (bicyclic) bond motifs is 1. The fourth-order valence-corrected chi connectivity index (χ4v) is 4.27. The molecule has 2 aromatic carbocycles. The first-order valence-corrected chi connectivity index (χ1v) is 9.95. The van der Waals surface area contributed by atoms with E-state index in [9.17, 15) is 0 Å². The fourth-order valence-electron chi connectivity index (χ4n) is 4.27. The minimum absolute atomic E-state index is 0.209. The van der Waals surface area contributed by atoms with Crippen molar-refractivity contribution in [2.24, 2.45) is 12.5 Å². The van der Waals surface area contributed by atoms with Gasteiger partial charge >= 0.3 is 0 Å². The van der Waals surface area contributed by atoms with Crippen molar-refractivity contribution in [2.45, 2.75) is 51.6 Å². The van der Waals surface area contributed by atoms with E-state index >= 15 is 0 Å². The highest BCUT2D eigenvalue weighted by Gasteiger charge is 2.38. The summed E-state index contributed by atoms with van der Waals surface area (Å²) < 4.78 is 8.17. The van der Waals surface area contributed by atoms with Crippen LogP contribution in [0.2, 0.25) is 0 Å². The second-order valence-electron chi connectivity index (χ2n) is 8.63. The maximum atomic E-state index is 6.38. The van der Waals surface area contributed by atoms with Crippen LogP contribution in [0.3, 0.4) is 0 Å². The number of rotatable bonds is 5. The molecule has 0 amide bonds. The Balaban J connectivity index is 1.42. The maximum absolute atomic E-state index is 6.38. The molecule has 1 heterocycles. The zero-order valence-corrected chi connectivity index (χ0v) is 16.6. The van der Waals surface area contributed by atoms with Crippen LogP contribution >= 0.6 is 0 Å². The smallest absolute Gasteiger partial charge is 0.156 e. The summed E-state index contributed by atoms with van der Waals surface area (Å²) >= 11 is 0. The molecule has 27 heavy (non-hydrogen) atoms. The highest BCUT2D eigenvalue weighted by atomic mass is 16.5. The van der Waals surface area contributed by atoms with E-state index in [-0.39, 0.29) is 12.0 Å². The van der Waals surface area contributed by atoms with Gasteiger partial charge < -0.3 is 4.74 Å². The van der Waals surface area contributed by atoms with Crippen molar-refractivity contribution < 1.29 is 4.74 Å². The van der Waals surface area contributed by atoms with Crippen LogP contribution in [-0.4, -0.2) is 27.5 Å². The summed E-state index contributed by atoms with van der Waals surface area (Å²) in [5.41, 5.74) is 1.65. The van der Waals surface area contributed by atoms with E-state index in [1.807, 2.05) is 7.05 Å². The van der Waals surface area contributed by atoms with Crippen LogP contribution < -0.4 is 0 Å². The molecule has 4 heteroatoms. The number of hydrogen-bond acceptors (Lipinski definition) is 3. The highest BCUT2D eigenvalue weighted by Crippen LogP contribution is 2.43. The lowest BCUT2D eigenvalue weighted by atomic mass is 9.70. The number of benzene rings is 2. The summed E-state index contributed by atoms with van der Waals surface area (Å²) in [6.45, 7) is 5.43. The van der Waals surface area contributed by atoms with Gasteiger partial charge in [0.05, 0.1) is 12.7 Å². The molecule has 0 bridgehead atoms. The molecule has 1 aliphatic rings. The van der Waals surface area contributed by atoms with E-state index in [1.165, 1.54) is 22.8 Å². The van der Waals surface area contributed by atoms with Gasteiger partial charge in [-0.15, -0.1) is 0 Å². The van der Waals surface area contributed by atoms with Crippen molar-refractivity contribution in [3.05, 3.63) is 60.2 Å². The molecule has 1 aliphatic carbocycles. The van der Waals surface area contributed by atoms with Gasteiger partial charge in [-0.25, -0.2) is 4.98 Å². The number of aryl methyl sites for hydroxylation is 1. The van der Waals surface area contributed by atoms with Crippen molar-refractivity contribution in [2.75, 3.05) is 6.61 Å². The number of aromatic nitrogens is 3. The second kappa shape index (κ2) is 7.43. The first kappa shape index (κ1) is 18.2. The van der Waals surface area contributed by atoms with Crippen LogP contribution in [0.4, 0.5) is 0 Å². The molecule has 0 N–H and O–H groups in total. The van der Waals surface area contributed by atoms with Gasteiger partial charge in [0.1, 0.15) is 6.33 Å². The predicted molar refractivity (Wildman–Crippen MR) is 109 cm³/mol. The van der Waals surface area contributed by atoms with Gasteiger partial charge in [-0.2, -0.15) is 5.10 Å². The maximum Gasteiger partial charge on any atom is 0.156 e. The third-order valence-corrected chi connectivity index (χ3v) is 5.81. The molecule has 1 saturated carbocycles. The van der Waals surface area contributed by atoms with Crippen LogP contribution in [0.1, 0.15) is 50.4 Å². The van der Waals surface area contributed by atoms with E-state index in [4.69, 9.17) is 4.74 Å². The van der Waals surface area contributed by atoms with E-state index in [0.29, 0.717) is 5.41 Å². The lowest BCUT2D eigenvalue weighted by Crippen LogP contribution is -2.35. The first-order chi connectivity index (χ1) is 13.0. The second-order valence-corrected chi connectivity index (χ2v) is 8.63. The third-order valence-electron chi connectivity index (χ3n) is 5.81. The summed E-state index contributed by atoms with van der Waals surface area (Å²) in [6, 6.07) is 15.2. The standard InChI is InChI=1S/C23H29N3O/c1-23(2)12-10-21(20(15-23)22-24-16-26(3)25-22)27-13-11-17-8-9-18-6-4-5-7-19(18)14-17/h4-9,14,16,20-21H,10-13,15H2,1-3H3. The van der Waals surface area contributed by atoms with Gasteiger partial charge in [0.2, 0.25) is 0 Å². The molecule has 142 valence electrons. The molecule has 0 radical (unpaired) electrons. The van der Waals surface area contributed by atoms with Gasteiger partial charge in [0, 0.05) is 13.0 Å². The van der Waals surface area contributed by atoms with Gasteiger partial charge in [0.15, 0.2) is 5.82 Å². The Hall–Kier alpha value is -2.20. The Bertz CT molecular complexity index is 915. The number of ether oxygens (including phenoxy) is 1. The summed E-state index contributed by atoms with van der Waals surface area (Å²) in [7, 11) is 1.93. The first-order valence-electron chi connectivity index (χ1n) is 9.95. The normalized spacial score (nSPS) is 22.2. The zero-order valence-electron chi connectivity index (χ0n) is 16.6. The molecule has 1 fully saturated rings. The molecule has 4 nitrogen and oxygen atoms in total. The van der Waals surface area contributed by atoms with Crippen LogP contribution in [0.25, 0.3) is 10.8 Å². The lowest BCUT2D eigenvalue weighted by molar-refractivity contribution is -0.0133. The SMILES string of the molecule is Cn1cnc(C2CC(C)(C)CCC2OCCc2ccc3ccccc3c2)n1. The number of nitrogens with zero attached hydrogens (tertiary/aromatic N) is 3. The minimum atomic E-state index is 0.209. The third kappa shape index (κ3) is 4.22. The van der Waals surface area contributed by atoms with Gasteiger partial charge in [-0.1, -0.05) is 56.3 Å². The molecule has 0 spiro atoms. The Labute approximate surface area is 161 Å². The van der Waals surface area contributed by atoms with E-state index in [2.05, 4.69) is 66.4 Å². The van der Waals surface area contributed by atoms with E-state index in [1.54, 1.807) is 11.0 Å². The summed E-state index contributed by atoms with van der Waals surface area (Å²) in [6.07, 6.45) is 6.29. The van der Waals surface area contributed by atoms with Crippen molar-refractivity contribution in [1.82, 2.24) is 14.8 Å². The number of hydrogen-bond donors (Lipinski definition) is 0. The minimum Gasteiger partial charge on any atom is -0.377 e. The highest BCUT2D eigenvalue weighted by molar-refractivity contribution is 5.82. The molecule has 4 rings (SSSR count). The van der Waals surface area contributed by atoms with Crippen LogP contribution in [-0.2, 0) is 18.2 Å². The molecule has 3 aromatic rings. The van der Waals surface area contributed by atoms with Gasteiger partial charge in [-0.3, -0.25) is 4.68 Å². The Kier molecular flexibility index (Phi) is 5.00. The Morgan fingerprint density at radius 1 is 1.15 bits per heavy atom. The Morgan fingerprint density at radius 2 is 1.96 bits per heavy atom. The van der Waals surface area contributed by atoms with Crippen LogP contribution in [0.5, 0.6) is 0 Å². The van der Waals surface area contributed by atoms with E-state index < -0.39 is 0 Å². The van der Waals surface area contributed by atoms with Crippen molar-refractivity contribution >= 4 is 10.8 Å². The van der Waals surface area contributed by atoms with Crippen LogP contribution in [0, 0.1) is 5.41 Å². The fraction of sp³-hybridized carbons (Fsp3) is 0.478. The van der Waals surface area contributed by atoms with Crippen LogP contribution in [0.15, 0.2) is 48.8 Å². The Morgan fingerprint density at radius 3 is 2.74 bits per heavy atom. The largest absolute Gasteiger partial charge is 0.377 e. The molecule has 0 saturated heterocycles. The molecular weight excluding hydrogens is 334 g/mol. The van der Waals surface area contributed by atoms with Crippen molar-refractivity contribution in [3.8, 4) is 0 Å². The summed E-state index contributed by atoms with van der Waals surface area (Å²) in [4.78, 5) is 4.53. The molecule has 2 atom stereocenters. The average molecular weight is 364 g/mol. The zero-order chi connectivity index (χ0) is 18.9. The lowest BCUT2D eigenvalue weighted by Gasteiger charge is -2.39. The summed E-state index contributed by atoms with van der Waals surface area (Å²) in [5, 5.41) is 7.16. The predicted octanol–water partition coefficient (Wildman–Crippen LogP) is 4.89. The topological polar surface area (TPSA) is 39.9 Å². The molecule has 1 aromatic heterocycles. The quantitative estimate of drug-likeness (QED) is 0.648. The van der Waals surface area contributed by atoms with Gasteiger partial charge in [-0.05, 0) is 47.4 Å². The molecular formula is C23H29N3O. The van der Waals surface area contributed by atoms with Crippen molar-refractivity contribution in [1.29, 1.82) is 0 Å².